The van der Waals surface area contributed by atoms with E-state index in [0.717, 1.165) is 57.7 Å². The van der Waals surface area contributed by atoms with Gasteiger partial charge in [-0.3, -0.25) is 14.5 Å². The molecule has 0 aliphatic carbocycles. The van der Waals surface area contributed by atoms with Crippen LogP contribution in [0.5, 0.6) is 5.75 Å². The van der Waals surface area contributed by atoms with Crippen molar-refractivity contribution in [3.05, 3.63) is 63.6 Å². The largest absolute Gasteiger partial charge is 0.490 e. The molecule has 0 bridgehead atoms. The smallest absolute Gasteiger partial charge is 0.487 e. The molecule has 1 amide bonds. The van der Waals surface area contributed by atoms with E-state index in [9.17, 15) is 22.8 Å². The average molecular weight is 550 g/mol. The lowest BCUT2D eigenvalue weighted by Gasteiger charge is -2.47. The Kier molecular flexibility index (Phi) is 8.11. The van der Waals surface area contributed by atoms with Crippen molar-refractivity contribution in [1.82, 2.24) is 14.8 Å². The number of piperidine rings is 2. The van der Waals surface area contributed by atoms with Crippen molar-refractivity contribution < 1.29 is 32.6 Å². The van der Waals surface area contributed by atoms with E-state index in [4.69, 9.17) is 14.6 Å². The lowest BCUT2D eigenvalue weighted by atomic mass is 9.71. The van der Waals surface area contributed by atoms with E-state index in [-0.39, 0.29) is 22.5 Å². The number of aromatic amines is 1. The quantitative estimate of drug-likeness (QED) is 0.594. The predicted octanol–water partition coefficient (Wildman–Crippen LogP) is 4.24. The number of carbonyl (C=O) groups excluding carboxylic acids is 1. The number of rotatable bonds is 3. The summed E-state index contributed by atoms with van der Waals surface area (Å²) in [6.45, 7) is 8.98. The summed E-state index contributed by atoms with van der Waals surface area (Å²) < 4.78 is 37.8. The first-order chi connectivity index (χ1) is 18.3. The van der Waals surface area contributed by atoms with Crippen molar-refractivity contribution >= 4 is 11.9 Å². The fourth-order valence-corrected chi connectivity index (χ4v) is 5.68. The molecule has 2 N–H and O–H groups in total. The molecular weight excluding hydrogens is 515 g/mol. The Bertz CT molecular complexity index is 1260. The van der Waals surface area contributed by atoms with Crippen molar-refractivity contribution in [1.29, 1.82) is 0 Å². The number of carboxylic acid groups (broad SMARTS) is 1. The highest BCUT2D eigenvalue weighted by Gasteiger charge is 2.40. The number of carboxylic acids is 1. The van der Waals surface area contributed by atoms with Gasteiger partial charge in [0.2, 0.25) is 0 Å². The fraction of sp³-hybridized carbons (Fsp3) is 0.536. The molecular formula is C28H34F3N3O5. The third-order valence-electron chi connectivity index (χ3n) is 7.94. The lowest BCUT2D eigenvalue weighted by Crippen LogP contribution is -2.48. The second-order valence-corrected chi connectivity index (χ2v) is 11.2. The minimum atomic E-state index is -5.08. The predicted molar refractivity (Wildman–Crippen MR) is 138 cm³/mol. The highest BCUT2D eigenvalue weighted by Crippen LogP contribution is 2.42. The minimum Gasteiger partial charge on any atom is -0.487 e. The number of aromatic nitrogens is 1. The molecule has 0 atom stereocenters. The number of amides is 1. The summed E-state index contributed by atoms with van der Waals surface area (Å²) in [5.41, 5.74) is 3.04. The minimum absolute atomic E-state index is 0.111. The third-order valence-corrected chi connectivity index (χ3v) is 7.94. The fourth-order valence-electron chi connectivity index (χ4n) is 5.68. The summed E-state index contributed by atoms with van der Waals surface area (Å²) in [5.74, 6) is -1.84. The number of benzene rings is 1. The number of alkyl halides is 3. The highest BCUT2D eigenvalue weighted by atomic mass is 19.4. The monoisotopic (exact) mass is 549 g/mol. The number of hydrogen-bond acceptors (Lipinski definition) is 5. The second kappa shape index (κ2) is 11.0. The topological polar surface area (TPSA) is 103 Å². The van der Waals surface area contributed by atoms with Crippen molar-refractivity contribution in [3.63, 3.8) is 0 Å². The normalized spacial score (nSPS) is 20.0. The number of aliphatic carboxylic acids is 1. The van der Waals surface area contributed by atoms with Crippen LogP contribution < -0.4 is 10.2 Å². The molecule has 2 aromatic rings. The molecule has 0 saturated carbocycles. The number of ether oxygens (including phenoxy) is 1. The number of hydrogen-bond donors (Lipinski definition) is 2. The Morgan fingerprint density at radius 2 is 1.67 bits per heavy atom. The van der Waals surface area contributed by atoms with Gasteiger partial charge in [0.05, 0.1) is 0 Å². The van der Waals surface area contributed by atoms with Gasteiger partial charge in [-0.1, -0.05) is 12.1 Å². The molecule has 0 unspecified atom stereocenters. The SMILES string of the molecule is CC1(C)Cc2c(CN3CCC4(CC3)CCN(C(=O)c3c[nH]ccc3=O)CC4)cccc2O1.O=C(O)C(F)(F)F. The molecule has 4 heterocycles. The third kappa shape index (κ3) is 6.81. The van der Waals surface area contributed by atoms with Crippen LogP contribution in [0.3, 0.4) is 0 Å². The molecule has 11 heteroatoms. The number of carbonyl (C=O) groups is 2. The number of halogens is 3. The number of likely N-dealkylation sites (tertiary alicyclic amines) is 2. The first kappa shape index (κ1) is 28.7. The summed E-state index contributed by atoms with van der Waals surface area (Å²) in [6.07, 6.45) is 3.40. The van der Waals surface area contributed by atoms with Crippen LogP contribution in [0.15, 0.2) is 41.5 Å². The Hall–Kier alpha value is -3.34. The highest BCUT2D eigenvalue weighted by molar-refractivity contribution is 5.93. The molecule has 3 aliphatic heterocycles. The molecule has 0 radical (unpaired) electrons. The van der Waals surface area contributed by atoms with Gasteiger partial charge < -0.3 is 19.7 Å². The first-order valence-corrected chi connectivity index (χ1v) is 13.1. The van der Waals surface area contributed by atoms with Crippen LogP contribution in [0.4, 0.5) is 13.2 Å². The van der Waals surface area contributed by atoms with Crippen LogP contribution in [-0.4, -0.2) is 69.7 Å². The van der Waals surface area contributed by atoms with E-state index in [2.05, 4.69) is 41.9 Å². The molecule has 2 saturated heterocycles. The van der Waals surface area contributed by atoms with Crippen LogP contribution in [0.2, 0.25) is 0 Å². The van der Waals surface area contributed by atoms with Gasteiger partial charge >= 0.3 is 12.1 Å². The molecule has 1 spiro atoms. The summed E-state index contributed by atoms with van der Waals surface area (Å²) in [5, 5.41) is 7.12. The van der Waals surface area contributed by atoms with Gasteiger partial charge in [-0.25, -0.2) is 4.79 Å². The summed E-state index contributed by atoms with van der Waals surface area (Å²) >= 11 is 0. The molecule has 39 heavy (non-hydrogen) atoms. The number of fused-ring (bicyclic) bond motifs is 1. The van der Waals surface area contributed by atoms with Crippen molar-refractivity contribution in [2.45, 2.75) is 64.3 Å². The van der Waals surface area contributed by atoms with Crippen LogP contribution in [0.1, 0.15) is 61.0 Å². The van der Waals surface area contributed by atoms with Crippen molar-refractivity contribution in [2.75, 3.05) is 26.2 Å². The van der Waals surface area contributed by atoms with E-state index in [0.29, 0.717) is 5.41 Å². The first-order valence-electron chi connectivity index (χ1n) is 13.1. The number of H-pyrrole nitrogens is 1. The Labute approximate surface area is 224 Å². The van der Waals surface area contributed by atoms with E-state index in [1.54, 1.807) is 6.20 Å². The Morgan fingerprint density at radius 1 is 1.05 bits per heavy atom. The van der Waals surface area contributed by atoms with E-state index in [1.807, 2.05) is 4.90 Å². The summed E-state index contributed by atoms with van der Waals surface area (Å²) in [4.78, 5) is 41.0. The maximum absolute atomic E-state index is 12.8. The van der Waals surface area contributed by atoms with Crippen LogP contribution >= 0.6 is 0 Å². The number of pyridine rings is 1. The van der Waals surface area contributed by atoms with Crippen molar-refractivity contribution in [2.24, 2.45) is 5.41 Å². The number of nitrogens with zero attached hydrogens (tertiary/aromatic N) is 2. The Balaban J connectivity index is 0.000000448. The zero-order valence-corrected chi connectivity index (χ0v) is 22.1. The maximum Gasteiger partial charge on any atom is 0.490 e. The number of nitrogens with one attached hydrogen (secondary N) is 1. The van der Waals surface area contributed by atoms with E-state index in [1.165, 1.54) is 36.2 Å². The van der Waals surface area contributed by atoms with Gasteiger partial charge in [0, 0.05) is 50.1 Å². The molecule has 5 rings (SSSR count). The maximum atomic E-state index is 12.8. The molecule has 1 aromatic heterocycles. The lowest BCUT2D eigenvalue weighted by molar-refractivity contribution is -0.192. The van der Waals surface area contributed by atoms with Gasteiger partial charge in [0.1, 0.15) is 16.9 Å². The van der Waals surface area contributed by atoms with Crippen LogP contribution in [-0.2, 0) is 17.8 Å². The summed E-state index contributed by atoms with van der Waals surface area (Å²) in [7, 11) is 0. The van der Waals surface area contributed by atoms with Gasteiger partial charge in [-0.05, 0) is 69.7 Å². The van der Waals surface area contributed by atoms with Crippen LogP contribution in [0, 0.1) is 5.41 Å². The molecule has 212 valence electrons. The molecule has 1 aromatic carbocycles. The zero-order valence-electron chi connectivity index (χ0n) is 22.1. The zero-order chi connectivity index (χ0) is 28.4. The van der Waals surface area contributed by atoms with Gasteiger partial charge in [0.15, 0.2) is 5.43 Å². The van der Waals surface area contributed by atoms with Gasteiger partial charge in [-0.15, -0.1) is 0 Å². The molecule has 8 nitrogen and oxygen atoms in total. The van der Waals surface area contributed by atoms with E-state index < -0.39 is 12.1 Å². The van der Waals surface area contributed by atoms with Gasteiger partial charge in [-0.2, -0.15) is 13.2 Å². The Morgan fingerprint density at radius 3 is 2.26 bits per heavy atom. The van der Waals surface area contributed by atoms with Crippen molar-refractivity contribution in [3.8, 4) is 5.75 Å². The van der Waals surface area contributed by atoms with E-state index >= 15 is 0 Å². The standard InChI is InChI=1S/C26H33N3O3.C2HF3O2/c1-25(2)16-20-19(4-3-5-23(20)32-25)18-28-12-7-26(8-13-28)9-14-29(15-10-26)24(31)21-17-27-11-6-22(21)30;3-2(4,5)1(6)7/h3-6,11,17H,7-10,12-16,18H2,1-2H3,(H,27,30);(H,6,7). The molecule has 2 fully saturated rings. The summed E-state index contributed by atoms with van der Waals surface area (Å²) in [6, 6.07) is 7.88. The van der Waals surface area contributed by atoms with Crippen LogP contribution in [0.25, 0.3) is 0 Å². The van der Waals surface area contributed by atoms with Gasteiger partial charge in [0.25, 0.3) is 5.91 Å². The molecule has 3 aliphatic rings. The second-order valence-electron chi connectivity index (χ2n) is 11.2. The average Bonchev–Trinajstić information content (AvgIpc) is 3.21.